The summed E-state index contributed by atoms with van der Waals surface area (Å²) in [6.45, 7) is 1.12. The summed E-state index contributed by atoms with van der Waals surface area (Å²) in [5.41, 5.74) is 1.19. The molecule has 3 rings (SSSR count). The maximum Gasteiger partial charge on any atom is 0.239 e. The van der Waals surface area contributed by atoms with Gasteiger partial charge in [0.2, 0.25) is 11.8 Å². The Morgan fingerprint density at radius 1 is 1.12 bits per heavy atom. The van der Waals surface area contributed by atoms with Gasteiger partial charge in [0, 0.05) is 14.1 Å². The zero-order chi connectivity index (χ0) is 18.5. The van der Waals surface area contributed by atoms with Crippen molar-refractivity contribution in [3.63, 3.8) is 0 Å². The molecule has 1 aromatic carbocycles. The molecule has 2 atom stereocenters. The van der Waals surface area contributed by atoms with Crippen molar-refractivity contribution in [3.05, 3.63) is 35.9 Å². The maximum atomic E-state index is 12.8. The SMILES string of the molecule is CN(C)C(=O)C1CCCN1CC(=O)NC(c1ccccc1)C1CCCC1. The summed E-state index contributed by atoms with van der Waals surface area (Å²) in [6.07, 6.45) is 6.65. The normalized spacial score (nSPS) is 22.3. The third-order valence-corrected chi connectivity index (χ3v) is 5.78. The first-order chi connectivity index (χ1) is 12.6. The van der Waals surface area contributed by atoms with Crippen molar-refractivity contribution >= 4 is 11.8 Å². The van der Waals surface area contributed by atoms with Crippen molar-refractivity contribution < 1.29 is 9.59 Å². The predicted octanol–water partition coefficient (Wildman–Crippen LogP) is 2.59. The van der Waals surface area contributed by atoms with Gasteiger partial charge in [-0.1, -0.05) is 43.2 Å². The van der Waals surface area contributed by atoms with Crippen molar-refractivity contribution in [2.75, 3.05) is 27.2 Å². The monoisotopic (exact) mass is 357 g/mol. The largest absolute Gasteiger partial charge is 0.348 e. The van der Waals surface area contributed by atoms with Crippen LogP contribution >= 0.6 is 0 Å². The number of carbonyl (C=O) groups excluding carboxylic acids is 2. The summed E-state index contributed by atoms with van der Waals surface area (Å²) in [5.74, 6) is 0.647. The molecule has 2 unspecified atom stereocenters. The molecule has 5 nitrogen and oxygen atoms in total. The highest BCUT2D eigenvalue weighted by Crippen LogP contribution is 2.35. The van der Waals surface area contributed by atoms with Crippen molar-refractivity contribution in [3.8, 4) is 0 Å². The van der Waals surface area contributed by atoms with E-state index < -0.39 is 0 Å². The first-order valence-electron chi connectivity index (χ1n) is 9.86. The van der Waals surface area contributed by atoms with Crippen molar-refractivity contribution in [2.24, 2.45) is 5.92 Å². The Labute approximate surface area is 156 Å². The molecular formula is C21H31N3O2. The van der Waals surface area contributed by atoms with Crippen molar-refractivity contribution in [1.82, 2.24) is 15.1 Å². The summed E-state index contributed by atoms with van der Waals surface area (Å²) < 4.78 is 0. The summed E-state index contributed by atoms with van der Waals surface area (Å²) in [7, 11) is 3.56. The highest BCUT2D eigenvalue weighted by Gasteiger charge is 2.34. The van der Waals surface area contributed by atoms with E-state index in [-0.39, 0.29) is 23.9 Å². The average molecular weight is 357 g/mol. The Morgan fingerprint density at radius 3 is 2.46 bits per heavy atom. The summed E-state index contributed by atoms with van der Waals surface area (Å²) in [6, 6.07) is 10.2. The molecule has 1 aliphatic heterocycles. The molecule has 0 spiro atoms. The fourth-order valence-corrected chi connectivity index (χ4v) is 4.42. The van der Waals surface area contributed by atoms with Crippen LogP contribution in [0.25, 0.3) is 0 Å². The quantitative estimate of drug-likeness (QED) is 0.851. The molecule has 2 amide bonds. The van der Waals surface area contributed by atoms with Gasteiger partial charge in [0.05, 0.1) is 18.6 Å². The van der Waals surface area contributed by atoms with Crippen LogP contribution in [0.15, 0.2) is 30.3 Å². The zero-order valence-electron chi connectivity index (χ0n) is 16.0. The van der Waals surface area contributed by atoms with Gasteiger partial charge in [-0.25, -0.2) is 0 Å². The summed E-state index contributed by atoms with van der Waals surface area (Å²) >= 11 is 0. The van der Waals surface area contributed by atoms with Crippen LogP contribution in [0.3, 0.4) is 0 Å². The lowest BCUT2D eigenvalue weighted by molar-refractivity contribution is -0.134. The highest BCUT2D eigenvalue weighted by atomic mass is 16.2. The number of carbonyl (C=O) groups is 2. The van der Waals surface area contributed by atoms with Crippen LogP contribution in [0.5, 0.6) is 0 Å². The van der Waals surface area contributed by atoms with Crippen molar-refractivity contribution in [2.45, 2.75) is 50.6 Å². The molecule has 1 N–H and O–H groups in total. The number of benzene rings is 1. The molecule has 0 bridgehead atoms. The molecular weight excluding hydrogens is 326 g/mol. The van der Waals surface area contributed by atoms with Crippen LogP contribution in [0.1, 0.15) is 50.1 Å². The van der Waals surface area contributed by atoms with Gasteiger partial charge >= 0.3 is 0 Å². The topological polar surface area (TPSA) is 52.7 Å². The number of likely N-dealkylation sites (N-methyl/N-ethyl adjacent to an activating group) is 1. The Bertz CT molecular complexity index is 611. The molecule has 0 aromatic heterocycles. The van der Waals surface area contributed by atoms with Crippen LogP contribution in [-0.4, -0.2) is 54.8 Å². The van der Waals surface area contributed by atoms with Crippen LogP contribution in [0.4, 0.5) is 0 Å². The van der Waals surface area contributed by atoms with Gasteiger partial charge in [0.25, 0.3) is 0 Å². The van der Waals surface area contributed by atoms with E-state index in [1.807, 2.05) is 23.1 Å². The Morgan fingerprint density at radius 2 is 1.81 bits per heavy atom. The number of hydrogen-bond donors (Lipinski definition) is 1. The smallest absolute Gasteiger partial charge is 0.239 e. The van der Waals surface area contributed by atoms with Crippen LogP contribution in [0, 0.1) is 5.92 Å². The minimum absolute atomic E-state index is 0.0317. The van der Waals surface area contributed by atoms with E-state index in [1.54, 1.807) is 19.0 Å². The maximum absolute atomic E-state index is 12.8. The number of nitrogens with one attached hydrogen (secondary N) is 1. The van der Waals surface area contributed by atoms with Gasteiger partial charge in [0.1, 0.15) is 0 Å². The molecule has 1 aromatic rings. The zero-order valence-corrected chi connectivity index (χ0v) is 16.0. The van der Waals surface area contributed by atoms with E-state index in [1.165, 1.54) is 31.2 Å². The minimum Gasteiger partial charge on any atom is -0.348 e. The van der Waals surface area contributed by atoms with Gasteiger partial charge in [0.15, 0.2) is 0 Å². The molecule has 2 fully saturated rings. The molecule has 1 saturated carbocycles. The van der Waals surface area contributed by atoms with E-state index in [0.29, 0.717) is 12.5 Å². The molecule has 2 aliphatic rings. The molecule has 0 radical (unpaired) electrons. The first-order valence-corrected chi connectivity index (χ1v) is 9.86. The molecule has 1 saturated heterocycles. The third-order valence-electron chi connectivity index (χ3n) is 5.78. The highest BCUT2D eigenvalue weighted by molar-refractivity contribution is 5.84. The fraction of sp³-hybridized carbons (Fsp3) is 0.619. The molecule has 1 aliphatic carbocycles. The fourth-order valence-electron chi connectivity index (χ4n) is 4.42. The first kappa shape index (κ1) is 18.9. The van der Waals surface area contributed by atoms with Gasteiger partial charge in [-0.05, 0) is 43.7 Å². The minimum atomic E-state index is -0.155. The number of likely N-dealkylation sites (tertiary alicyclic amines) is 1. The van der Waals surface area contributed by atoms with Gasteiger partial charge < -0.3 is 10.2 Å². The van der Waals surface area contributed by atoms with Gasteiger partial charge in [-0.3, -0.25) is 14.5 Å². The lowest BCUT2D eigenvalue weighted by Gasteiger charge is -2.29. The molecule has 1 heterocycles. The molecule has 26 heavy (non-hydrogen) atoms. The van der Waals surface area contributed by atoms with E-state index in [9.17, 15) is 9.59 Å². The third kappa shape index (κ3) is 4.44. The summed E-state index contributed by atoms with van der Waals surface area (Å²) in [4.78, 5) is 28.8. The van der Waals surface area contributed by atoms with E-state index in [2.05, 4.69) is 17.4 Å². The van der Waals surface area contributed by atoms with Crippen LogP contribution in [-0.2, 0) is 9.59 Å². The Hall–Kier alpha value is -1.88. The van der Waals surface area contributed by atoms with Crippen molar-refractivity contribution in [1.29, 1.82) is 0 Å². The second-order valence-corrected chi connectivity index (χ2v) is 7.86. The molecule has 142 valence electrons. The van der Waals surface area contributed by atoms with Crippen LogP contribution < -0.4 is 5.32 Å². The number of hydrogen-bond acceptors (Lipinski definition) is 3. The average Bonchev–Trinajstić information content (AvgIpc) is 3.31. The van der Waals surface area contributed by atoms with Crippen LogP contribution in [0.2, 0.25) is 0 Å². The number of amides is 2. The summed E-state index contributed by atoms with van der Waals surface area (Å²) in [5, 5.41) is 3.29. The number of rotatable bonds is 6. The second-order valence-electron chi connectivity index (χ2n) is 7.86. The van der Waals surface area contributed by atoms with Gasteiger partial charge in [-0.15, -0.1) is 0 Å². The van der Waals surface area contributed by atoms with Gasteiger partial charge in [-0.2, -0.15) is 0 Å². The van der Waals surface area contributed by atoms with E-state index in [0.717, 1.165) is 19.4 Å². The Kier molecular flexibility index (Phi) is 6.30. The lowest BCUT2D eigenvalue weighted by atomic mass is 9.91. The predicted molar refractivity (Wildman–Crippen MR) is 103 cm³/mol. The van der Waals surface area contributed by atoms with E-state index >= 15 is 0 Å². The lowest BCUT2D eigenvalue weighted by Crippen LogP contribution is -2.47. The second kappa shape index (κ2) is 8.67. The molecule has 5 heteroatoms. The standard InChI is InChI=1S/C21H31N3O2/c1-23(2)21(26)18-13-8-14-24(18)15-19(25)22-20(17-11-6-7-12-17)16-9-4-3-5-10-16/h3-5,9-10,17-18,20H,6-8,11-15H2,1-2H3,(H,22,25). The number of nitrogens with zero attached hydrogens (tertiary/aromatic N) is 2. The van der Waals surface area contributed by atoms with E-state index in [4.69, 9.17) is 0 Å². The Balaban J connectivity index is 1.65.